The Morgan fingerprint density at radius 2 is 1.30 bits per heavy atom. The molecule has 0 fully saturated rings. The average Bonchev–Trinajstić information content (AvgIpc) is 2.72. The lowest BCUT2D eigenvalue weighted by atomic mass is 10.2. The van der Waals surface area contributed by atoms with E-state index in [-0.39, 0.29) is 11.9 Å². The van der Waals surface area contributed by atoms with Crippen molar-refractivity contribution in [1.82, 2.24) is 0 Å². The third-order valence-corrected chi connectivity index (χ3v) is 4.30. The molecule has 0 heterocycles. The minimum absolute atomic E-state index is 0.172. The number of benzene rings is 3. The SMILES string of the molecule is CNc1ccc(Oc2ccc(NC(=O)Nc3cc(NC(C)=O)ccc3C)cc2)cc1. The standard InChI is InChI=1S/C23H24N4O3/c1-15-4-5-19(25-16(2)28)14-22(15)27-23(29)26-18-8-12-21(13-9-18)30-20-10-6-17(24-3)7-11-20/h4-14,24H,1-3H3,(H,25,28)(H2,26,27,29). The van der Waals surface area contributed by atoms with Crippen molar-refractivity contribution in [3.05, 3.63) is 72.3 Å². The second kappa shape index (κ2) is 9.47. The van der Waals surface area contributed by atoms with Gasteiger partial charge in [0.15, 0.2) is 0 Å². The molecule has 30 heavy (non-hydrogen) atoms. The molecule has 0 spiro atoms. The molecule has 4 N–H and O–H groups in total. The summed E-state index contributed by atoms with van der Waals surface area (Å²) in [4.78, 5) is 23.6. The number of urea groups is 1. The van der Waals surface area contributed by atoms with E-state index in [2.05, 4.69) is 21.3 Å². The predicted octanol–water partition coefficient (Wildman–Crippen LogP) is 5.43. The Balaban J connectivity index is 1.59. The summed E-state index contributed by atoms with van der Waals surface area (Å²) >= 11 is 0. The summed E-state index contributed by atoms with van der Waals surface area (Å²) in [5.41, 5.74) is 3.75. The molecule has 3 aromatic carbocycles. The highest BCUT2D eigenvalue weighted by atomic mass is 16.5. The van der Waals surface area contributed by atoms with E-state index in [0.29, 0.717) is 22.8 Å². The van der Waals surface area contributed by atoms with Crippen molar-refractivity contribution in [3.8, 4) is 11.5 Å². The molecular weight excluding hydrogens is 380 g/mol. The van der Waals surface area contributed by atoms with Gasteiger partial charge in [-0.3, -0.25) is 4.79 Å². The van der Waals surface area contributed by atoms with E-state index in [1.807, 2.05) is 44.3 Å². The van der Waals surface area contributed by atoms with E-state index in [0.717, 1.165) is 17.0 Å². The number of hydrogen-bond donors (Lipinski definition) is 4. The van der Waals surface area contributed by atoms with Crippen molar-refractivity contribution in [2.75, 3.05) is 28.3 Å². The van der Waals surface area contributed by atoms with Crippen LogP contribution in [0.3, 0.4) is 0 Å². The van der Waals surface area contributed by atoms with Gasteiger partial charge in [0.05, 0.1) is 0 Å². The van der Waals surface area contributed by atoms with E-state index in [9.17, 15) is 9.59 Å². The lowest BCUT2D eigenvalue weighted by Gasteiger charge is -2.12. The molecule has 0 saturated carbocycles. The molecule has 0 unspecified atom stereocenters. The monoisotopic (exact) mass is 404 g/mol. The highest BCUT2D eigenvalue weighted by molar-refractivity contribution is 6.01. The van der Waals surface area contributed by atoms with E-state index in [1.54, 1.807) is 36.4 Å². The van der Waals surface area contributed by atoms with Crippen LogP contribution in [0.15, 0.2) is 66.7 Å². The first-order valence-corrected chi connectivity index (χ1v) is 9.45. The van der Waals surface area contributed by atoms with Crippen LogP contribution in [-0.4, -0.2) is 19.0 Å². The van der Waals surface area contributed by atoms with E-state index in [4.69, 9.17) is 4.74 Å². The number of amides is 3. The van der Waals surface area contributed by atoms with Crippen molar-refractivity contribution in [1.29, 1.82) is 0 Å². The van der Waals surface area contributed by atoms with Crippen molar-refractivity contribution >= 4 is 34.7 Å². The smallest absolute Gasteiger partial charge is 0.323 e. The Morgan fingerprint density at radius 3 is 1.87 bits per heavy atom. The molecule has 154 valence electrons. The molecule has 7 heteroatoms. The zero-order valence-corrected chi connectivity index (χ0v) is 17.1. The molecular formula is C23H24N4O3. The molecule has 7 nitrogen and oxygen atoms in total. The topological polar surface area (TPSA) is 91.5 Å². The van der Waals surface area contributed by atoms with Crippen LogP contribution in [0.5, 0.6) is 11.5 Å². The molecule has 0 aromatic heterocycles. The zero-order chi connectivity index (χ0) is 21.5. The predicted molar refractivity (Wildman–Crippen MR) is 121 cm³/mol. The molecule has 0 saturated heterocycles. The summed E-state index contributed by atoms with van der Waals surface area (Å²) in [5.74, 6) is 1.22. The van der Waals surface area contributed by atoms with Crippen LogP contribution in [0.2, 0.25) is 0 Å². The Morgan fingerprint density at radius 1 is 0.733 bits per heavy atom. The van der Waals surface area contributed by atoms with Gasteiger partial charge < -0.3 is 26.0 Å². The summed E-state index contributed by atoms with van der Waals surface area (Å²) in [6.45, 7) is 3.31. The molecule has 0 radical (unpaired) electrons. The second-order valence-corrected chi connectivity index (χ2v) is 6.69. The summed E-state index contributed by atoms with van der Waals surface area (Å²) in [5, 5.41) is 11.3. The Labute approximate surface area is 175 Å². The van der Waals surface area contributed by atoms with Crippen molar-refractivity contribution in [2.24, 2.45) is 0 Å². The summed E-state index contributed by atoms with van der Waals surface area (Å²) in [6.07, 6.45) is 0. The number of carbonyl (C=O) groups is 2. The molecule has 0 aliphatic heterocycles. The van der Waals surface area contributed by atoms with Gasteiger partial charge in [0.25, 0.3) is 0 Å². The highest BCUT2D eigenvalue weighted by Gasteiger charge is 2.07. The molecule has 0 bridgehead atoms. The Hall–Kier alpha value is -4.00. The van der Waals surface area contributed by atoms with E-state index >= 15 is 0 Å². The third kappa shape index (κ3) is 5.75. The fourth-order valence-corrected chi connectivity index (χ4v) is 2.75. The maximum atomic E-state index is 12.4. The molecule has 3 amide bonds. The van der Waals surface area contributed by atoms with Gasteiger partial charge >= 0.3 is 6.03 Å². The lowest BCUT2D eigenvalue weighted by Crippen LogP contribution is -2.20. The fraction of sp³-hybridized carbons (Fsp3) is 0.130. The van der Waals surface area contributed by atoms with Gasteiger partial charge in [-0.2, -0.15) is 0 Å². The largest absolute Gasteiger partial charge is 0.457 e. The van der Waals surface area contributed by atoms with Crippen LogP contribution >= 0.6 is 0 Å². The minimum atomic E-state index is -0.380. The summed E-state index contributed by atoms with van der Waals surface area (Å²) < 4.78 is 5.80. The van der Waals surface area contributed by atoms with E-state index in [1.165, 1.54) is 6.92 Å². The van der Waals surface area contributed by atoms with Gasteiger partial charge in [-0.15, -0.1) is 0 Å². The number of aryl methyl sites for hydroxylation is 1. The normalized spacial score (nSPS) is 10.1. The van der Waals surface area contributed by atoms with Crippen LogP contribution in [0, 0.1) is 6.92 Å². The third-order valence-electron chi connectivity index (χ3n) is 4.30. The van der Waals surface area contributed by atoms with Crippen LogP contribution < -0.4 is 26.0 Å². The lowest BCUT2D eigenvalue weighted by molar-refractivity contribution is -0.114. The van der Waals surface area contributed by atoms with E-state index < -0.39 is 0 Å². The van der Waals surface area contributed by atoms with Gasteiger partial charge in [0, 0.05) is 36.7 Å². The van der Waals surface area contributed by atoms with Crippen molar-refractivity contribution < 1.29 is 14.3 Å². The number of nitrogens with one attached hydrogen (secondary N) is 4. The van der Waals surface area contributed by atoms with Crippen LogP contribution in [-0.2, 0) is 4.79 Å². The maximum Gasteiger partial charge on any atom is 0.323 e. The van der Waals surface area contributed by atoms with Crippen LogP contribution in [0.25, 0.3) is 0 Å². The first-order valence-electron chi connectivity index (χ1n) is 9.45. The number of anilines is 4. The van der Waals surface area contributed by atoms with Gasteiger partial charge in [0.1, 0.15) is 11.5 Å². The number of hydrogen-bond acceptors (Lipinski definition) is 4. The van der Waals surface area contributed by atoms with Crippen LogP contribution in [0.1, 0.15) is 12.5 Å². The van der Waals surface area contributed by atoms with Crippen molar-refractivity contribution in [2.45, 2.75) is 13.8 Å². The van der Waals surface area contributed by atoms with Gasteiger partial charge in [-0.05, 0) is 73.2 Å². The zero-order valence-electron chi connectivity index (χ0n) is 17.1. The average molecular weight is 404 g/mol. The maximum absolute atomic E-state index is 12.4. The Bertz CT molecular complexity index is 1030. The minimum Gasteiger partial charge on any atom is -0.457 e. The van der Waals surface area contributed by atoms with Gasteiger partial charge in [-0.25, -0.2) is 4.79 Å². The van der Waals surface area contributed by atoms with Crippen LogP contribution in [0.4, 0.5) is 27.5 Å². The first kappa shape index (κ1) is 20.7. The van der Waals surface area contributed by atoms with Gasteiger partial charge in [0.2, 0.25) is 5.91 Å². The summed E-state index contributed by atoms with van der Waals surface area (Å²) in [7, 11) is 1.86. The van der Waals surface area contributed by atoms with Crippen molar-refractivity contribution in [3.63, 3.8) is 0 Å². The molecule has 0 atom stereocenters. The molecule has 3 rings (SSSR count). The second-order valence-electron chi connectivity index (χ2n) is 6.69. The molecule has 0 aliphatic rings. The Kier molecular flexibility index (Phi) is 6.54. The number of ether oxygens (including phenoxy) is 1. The molecule has 3 aromatic rings. The number of rotatable bonds is 6. The fourth-order valence-electron chi connectivity index (χ4n) is 2.75. The number of carbonyl (C=O) groups excluding carboxylic acids is 2. The highest BCUT2D eigenvalue weighted by Crippen LogP contribution is 2.25. The summed E-state index contributed by atoms with van der Waals surface area (Å²) in [6, 6.07) is 19.6. The first-order chi connectivity index (χ1) is 14.4. The molecule has 0 aliphatic carbocycles. The van der Waals surface area contributed by atoms with Gasteiger partial charge in [-0.1, -0.05) is 6.07 Å². The quantitative estimate of drug-likeness (QED) is 0.441.